The third kappa shape index (κ3) is 53.7. The fourth-order valence-corrected chi connectivity index (χ4v) is 34.5. The fourth-order valence-electron chi connectivity index (χ4n) is 23.0. The molecular weight excluding hydrogens is 1870 g/mol. The summed E-state index contributed by atoms with van der Waals surface area (Å²) in [6.45, 7) is 14.0. The monoisotopic (exact) mass is 2080 g/mol. The molecule has 0 unspecified atom stereocenters. The molecule has 6 aromatic rings. The minimum atomic E-state index is -2.35. The van der Waals surface area contributed by atoms with Crippen LogP contribution in [0, 0.1) is 6.92 Å². The van der Waals surface area contributed by atoms with Gasteiger partial charge < -0.3 is 0 Å². The van der Waals surface area contributed by atoms with Gasteiger partial charge in [-0.05, 0) is 169 Å². The highest BCUT2D eigenvalue weighted by Gasteiger charge is 2.45. The van der Waals surface area contributed by atoms with Crippen LogP contribution in [-0.4, -0.2) is 8.07 Å². The summed E-state index contributed by atoms with van der Waals surface area (Å²) in [7, 11) is -2.35. The van der Waals surface area contributed by atoms with Gasteiger partial charge in [-0.3, -0.25) is 0 Å². The molecule has 0 nitrogen and oxygen atoms in total. The largest absolute Gasteiger partial charge is 0.134 e. The van der Waals surface area contributed by atoms with Crippen LogP contribution in [0.5, 0.6) is 0 Å². The molecule has 7 rings (SSSR count). The van der Waals surface area contributed by atoms with E-state index in [0.717, 1.165) is 0 Å². The second-order valence-electron chi connectivity index (χ2n) is 44.3. The Bertz CT molecular complexity index is 3670. The van der Waals surface area contributed by atoms with Crippen LogP contribution >= 0.6 is 77.2 Å². The molecule has 0 bridgehead atoms. The van der Waals surface area contributed by atoms with Crippen molar-refractivity contribution < 1.29 is 0 Å². The van der Waals surface area contributed by atoms with Crippen LogP contribution in [0.25, 0.3) is 51.5 Å². The van der Waals surface area contributed by atoms with Crippen LogP contribution in [0.3, 0.4) is 0 Å². The van der Waals surface area contributed by atoms with E-state index in [1.54, 1.807) is 37.6 Å². The van der Waals surface area contributed by atoms with E-state index in [0.29, 0.717) is 0 Å². The lowest BCUT2D eigenvalue weighted by Gasteiger charge is -2.31. The average Bonchev–Trinajstić information content (AvgIpc) is 1.55. The van der Waals surface area contributed by atoms with Gasteiger partial charge in [0.2, 0.25) is 0 Å². The number of thiophene rings is 4. The number of halogens is 2. The predicted octanol–water partition coefficient (Wildman–Crippen LogP) is 48.8. The zero-order chi connectivity index (χ0) is 96.0. The van der Waals surface area contributed by atoms with Crippen molar-refractivity contribution in [3.05, 3.63) is 90.5 Å². The summed E-state index contributed by atoms with van der Waals surface area (Å²) in [4.78, 5) is 9.08. The molecular formula is C129H218Br2S4Si. The zero-order valence-electron chi connectivity index (χ0n) is 90.8. The molecule has 136 heavy (non-hydrogen) atoms. The van der Waals surface area contributed by atoms with E-state index >= 15 is 0 Å². The van der Waals surface area contributed by atoms with Gasteiger partial charge in [-0.15, -0.1) is 45.3 Å². The van der Waals surface area contributed by atoms with Crippen molar-refractivity contribution in [2.24, 2.45) is 0 Å². The first kappa shape index (κ1) is 121. The summed E-state index contributed by atoms with van der Waals surface area (Å²) in [6.07, 6.45) is 132. The minimum Gasteiger partial charge on any atom is -0.134 e. The SMILES string of the molecule is CCCCCCCCCCCCCCCCCCCCc1cc(-c2cc(CCCCCCCCCCCCCCCCCCCC)c(-c3ccc4c(c3)[Si](CCCCCCCCCCCCCCCCCCCC)(CCCCCCCCCCCCCCCCCCCC)c3cc(-c5sc(-c6cc(C)c(Br)s6)cc5CCCCCCCCCCCCCCCCCCCC)ccc3-4)s2)sc1Br. The number of hydrogen-bond acceptors (Lipinski definition) is 4. The van der Waals surface area contributed by atoms with Crippen LogP contribution in [0.4, 0.5) is 0 Å². The molecule has 0 atom stereocenters. The Labute approximate surface area is 880 Å². The first-order valence-corrected chi connectivity index (χ1v) is 68.6. The number of fused-ring (bicyclic) bond motifs is 3. The molecule has 4 aromatic heterocycles. The van der Waals surface area contributed by atoms with E-state index in [4.69, 9.17) is 0 Å². The summed E-state index contributed by atoms with van der Waals surface area (Å²) in [5.41, 5.74) is 12.4. The number of hydrogen-bond donors (Lipinski definition) is 0. The lowest BCUT2D eigenvalue weighted by molar-refractivity contribution is 0.525. The maximum absolute atomic E-state index is 4.24. The molecule has 0 fully saturated rings. The van der Waals surface area contributed by atoms with Crippen molar-refractivity contribution in [1.82, 2.24) is 0 Å². The Hall–Kier alpha value is -1.58. The topological polar surface area (TPSA) is 0 Å². The molecule has 1 aliphatic rings. The maximum Gasteiger partial charge on any atom is 0.119 e. The second-order valence-corrected chi connectivity index (χ2v) is 55.4. The Kier molecular flexibility index (Phi) is 74.5. The first-order chi connectivity index (χ1) is 67.2. The Morgan fingerprint density at radius 1 is 0.191 bits per heavy atom. The van der Waals surface area contributed by atoms with Crippen molar-refractivity contribution in [3.8, 4) is 51.5 Å². The molecule has 0 saturated carbocycles. The molecule has 0 aliphatic carbocycles. The second kappa shape index (κ2) is 83.5. The van der Waals surface area contributed by atoms with Crippen molar-refractivity contribution in [2.45, 2.75) is 651 Å². The van der Waals surface area contributed by atoms with Crippen LogP contribution in [-0.2, 0) is 19.3 Å². The maximum atomic E-state index is 4.24. The summed E-state index contributed by atoms with van der Waals surface area (Å²) in [5.74, 6) is 0. The average molecular weight is 2090 g/mol. The van der Waals surface area contributed by atoms with Gasteiger partial charge in [-0.2, -0.15) is 0 Å². The van der Waals surface area contributed by atoms with Crippen molar-refractivity contribution in [3.63, 3.8) is 0 Å². The number of rotatable bonds is 99. The van der Waals surface area contributed by atoms with E-state index in [2.05, 4.69) is 157 Å². The van der Waals surface area contributed by atoms with Gasteiger partial charge in [0.05, 0.1) is 7.57 Å². The van der Waals surface area contributed by atoms with Gasteiger partial charge >= 0.3 is 0 Å². The summed E-state index contributed by atoms with van der Waals surface area (Å²) in [5, 5.41) is 3.64. The van der Waals surface area contributed by atoms with Crippen LogP contribution in [0.1, 0.15) is 635 Å². The molecule has 2 aromatic carbocycles. The lowest BCUT2D eigenvalue weighted by Crippen LogP contribution is -2.55. The van der Waals surface area contributed by atoms with Gasteiger partial charge in [-0.25, -0.2) is 0 Å². The van der Waals surface area contributed by atoms with Crippen LogP contribution < -0.4 is 10.4 Å². The summed E-state index contributed by atoms with van der Waals surface area (Å²) < 4.78 is 2.67. The molecule has 0 radical (unpaired) electrons. The van der Waals surface area contributed by atoms with Crippen molar-refractivity contribution in [2.75, 3.05) is 0 Å². The highest BCUT2D eigenvalue weighted by Crippen LogP contribution is 2.49. The van der Waals surface area contributed by atoms with Gasteiger partial charge in [0, 0.05) is 29.3 Å². The quantitative estimate of drug-likeness (QED) is 0.0264. The summed E-state index contributed by atoms with van der Waals surface area (Å²) >= 11 is 16.5. The Morgan fingerprint density at radius 3 is 0.596 bits per heavy atom. The fraction of sp³-hybridized carbons (Fsp3) is 0.783. The molecule has 1 aliphatic heterocycles. The number of aryl methyl sites for hydroxylation is 4. The van der Waals surface area contributed by atoms with Crippen LogP contribution in [0.15, 0.2) is 68.2 Å². The van der Waals surface area contributed by atoms with Gasteiger partial charge in [0.1, 0.15) is 8.07 Å². The standard InChI is InChI=1S/C129H218Br2S4Si/c1-7-12-17-22-27-32-37-42-47-52-57-62-67-72-77-82-87-92-97-113-107-121(120-106-112(6)128(130)134-120)132-126(113)115-100-102-118-119-103-101-116(111-125(119)136(124(118)110-115,104-95-90-85-80-75-70-65-60-55-50-45-40-35-30-25-20-15-10-4)105-96-91-86-81-76-71-66-61-56-51-46-41-36-31-26-21-16-11-5)127-114(98-93-88-83-78-73-68-63-58-53-48-43-38-33-28-23-18-13-8-2)108-122(133-127)123-109-117(129(131)135-123)99-94-89-84-79-74-69-64-59-54-49-44-39-34-29-24-19-14-9-3/h100-103,106-111H,7-99,104-105H2,1-6H3. The molecule has 0 amide bonds. The van der Waals surface area contributed by atoms with Gasteiger partial charge in [0.15, 0.2) is 0 Å². The Morgan fingerprint density at radius 2 is 0.375 bits per heavy atom. The summed E-state index contributed by atoms with van der Waals surface area (Å²) in [6, 6.07) is 29.9. The smallest absolute Gasteiger partial charge is 0.119 e. The van der Waals surface area contributed by atoms with E-state index in [1.165, 1.54) is 653 Å². The number of benzene rings is 2. The molecule has 0 N–H and O–H groups in total. The number of unbranched alkanes of at least 4 members (excludes halogenated alkanes) is 85. The molecule has 776 valence electrons. The van der Waals surface area contributed by atoms with Gasteiger partial charge in [-0.1, -0.05) is 630 Å². The Balaban J connectivity index is 1.12. The van der Waals surface area contributed by atoms with Crippen molar-refractivity contribution >= 4 is 95.7 Å². The van der Waals surface area contributed by atoms with Gasteiger partial charge in [0.25, 0.3) is 0 Å². The first-order valence-electron chi connectivity index (χ1n) is 61.3. The van der Waals surface area contributed by atoms with E-state index in [1.807, 2.05) is 33.0 Å². The van der Waals surface area contributed by atoms with E-state index in [9.17, 15) is 0 Å². The van der Waals surface area contributed by atoms with E-state index < -0.39 is 8.07 Å². The predicted molar refractivity (Wildman–Crippen MR) is 635 cm³/mol. The third-order valence-corrected chi connectivity index (χ3v) is 44.2. The highest BCUT2D eigenvalue weighted by atomic mass is 79.9. The molecule has 7 heteroatoms. The van der Waals surface area contributed by atoms with Crippen molar-refractivity contribution in [1.29, 1.82) is 0 Å². The normalized spacial score (nSPS) is 12.5. The molecule has 5 heterocycles. The minimum absolute atomic E-state index is 1.19. The molecule has 0 spiro atoms. The lowest BCUT2D eigenvalue weighted by atomic mass is 9.98. The highest BCUT2D eigenvalue weighted by molar-refractivity contribution is 9.11. The third-order valence-electron chi connectivity index (χ3n) is 31.9. The zero-order valence-corrected chi connectivity index (χ0v) is 98.3. The van der Waals surface area contributed by atoms with E-state index in [-0.39, 0.29) is 0 Å². The van der Waals surface area contributed by atoms with Crippen LogP contribution in [0.2, 0.25) is 12.1 Å². The molecule has 0 saturated heterocycles.